The first kappa shape index (κ1) is 30.1. The van der Waals surface area contributed by atoms with E-state index in [1.807, 2.05) is 0 Å². The maximum Gasteiger partial charge on any atom is 0.338 e. The first-order valence-electron chi connectivity index (χ1n) is 13.1. The molecule has 0 saturated carbocycles. The fourth-order valence-corrected chi connectivity index (χ4v) is 6.42. The van der Waals surface area contributed by atoms with Crippen LogP contribution in [0.4, 0.5) is 0 Å². The molecule has 0 N–H and O–H groups in total. The van der Waals surface area contributed by atoms with E-state index < -0.39 is 18.0 Å². The Bertz CT molecular complexity index is 1950. The van der Waals surface area contributed by atoms with Crippen molar-refractivity contribution in [2.24, 2.45) is 4.99 Å². The van der Waals surface area contributed by atoms with E-state index in [-0.39, 0.29) is 17.7 Å². The van der Waals surface area contributed by atoms with Crippen molar-refractivity contribution < 1.29 is 33.0 Å². The molecule has 0 aliphatic carbocycles. The van der Waals surface area contributed by atoms with Gasteiger partial charge in [0.15, 0.2) is 16.3 Å². The van der Waals surface area contributed by atoms with Crippen molar-refractivity contribution in [3.05, 3.63) is 101 Å². The lowest BCUT2D eigenvalue weighted by atomic mass is 9.95. The number of halogens is 1. The number of methoxy groups -OCH3 is 3. The van der Waals surface area contributed by atoms with Crippen LogP contribution in [0, 0.1) is 0 Å². The molecule has 1 atom stereocenters. The molecule has 1 aliphatic rings. The zero-order chi connectivity index (χ0) is 30.8. The second-order valence-corrected chi connectivity index (χ2v) is 11.1. The van der Waals surface area contributed by atoms with Gasteiger partial charge in [-0.1, -0.05) is 45.5 Å². The molecule has 222 valence electrons. The molecule has 0 radical (unpaired) electrons. The second kappa shape index (κ2) is 12.4. The molecule has 2 aromatic carbocycles. The van der Waals surface area contributed by atoms with Crippen LogP contribution in [0.25, 0.3) is 17.4 Å². The summed E-state index contributed by atoms with van der Waals surface area (Å²) in [5, 5.41) is 0. The Labute approximate surface area is 258 Å². The number of furan rings is 1. The van der Waals surface area contributed by atoms with E-state index in [1.54, 1.807) is 68.5 Å². The van der Waals surface area contributed by atoms with Crippen molar-refractivity contribution in [3.63, 3.8) is 0 Å². The Kier molecular flexibility index (Phi) is 8.69. The standard InChI is InChI=1S/C31H27BrN2O8S/c1-6-41-30(37)26-16(2)33-31-34(27(26)20-14-23(38-3)24(39-4)15-21(20)32)28(35)25(43-31)13-17-11-12-22(42-17)18-9-7-8-10-19(18)29(36)40-5/h7-15,27H,6H2,1-5H3/t27-/m1/s1. The Hall–Kier alpha value is -4.42. The van der Waals surface area contributed by atoms with Gasteiger partial charge in [-0.05, 0) is 49.7 Å². The summed E-state index contributed by atoms with van der Waals surface area (Å²) in [6.45, 7) is 3.58. The van der Waals surface area contributed by atoms with Gasteiger partial charge >= 0.3 is 11.9 Å². The number of carbonyl (C=O) groups is 2. The summed E-state index contributed by atoms with van der Waals surface area (Å²) in [7, 11) is 4.35. The fourth-order valence-electron chi connectivity index (χ4n) is 4.86. The van der Waals surface area contributed by atoms with Gasteiger partial charge < -0.3 is 23.4 Å². The molecule has 2 aromatic heterocycles. The molecule has 0 fully saturated rings. The zero-order valence-corrected chi connectivity index (χ0v) is 26.3. The highest BCUT2D eigenvalue weighted by molar-refractivity contribution is 9.10. The molecule has 10 nitrogen and oxygen atoms in total. The number of nitrogens with zero attached hydrogens (tertiary/aromatic N) is 2. The number of aromatic nitrogens is 1. The minimum absolute atomic E-state index is 0.153. The van der Waals surface area contributed by atoms with Crippen LogP contribution in [0.5, 0.6) is 11.5 Å². The third-order valence-corrected chi connectivity index (χ3v) is 8.48. The second-order valence-electron chi connectivity index (χ2n) is 9.27. The normalized spacial score (nSPS) is 14.7. The molecule has 0 saturated heterocycles. The molecular formula is C31H27BrN2O8S. The molecule has 1 aliphatic heterocycles. The highest BCUT2D eigenvalue weighted by Gasteiger charge is 2.35. The number of ether oxygens (including phenoxy) is 4. The van der Waals surface area contributed by atoms with Crippen molar-refractivity contribution in [3.8, 4) is 22.8 Å². The van der Waals surface area contributed by atoms with E-state index in [0.29, 0.717) is 59.2 Å². The van der Waals surface area contributed by atoms with Gasteiger partial charge in [0, 0.05) is 16.1 Å². The maximum absolute atomic E-state index is 14.0. The number of esters is 2. The number of allylic oxidation sites excluding steroid dienone is 1. The van der Waals surface area contributed by atoms with E-state index in [2.05, 4.69) is 20.9 Å². The third-order valence-electron chi connectivity index (χ3n) is 6.81. The average Bonchev–Trinajstić information content (AvgIpc) is 3.59. The van der Waals surface area contributed by atoms with Crippen molar-refractivity contribution in [1.82, 2.24) is 4.57 Å². The summed E-state index contributed by atoms with van der Waals surface area (Å²) in [5.74, 6) is 0.667. The van der Waals surface area contributed by atoms with Crippen LogP contribution in [0.2, 0.25) is 0 Å². The van der Waals surface area contributed by atoms with Crippen LogP contribution in [-0.4, -0.2) is 44.4 Å². The predicted octanol–water partition coefficient (Wildman–Crippen LogP) is 4.62. The summed E-state index contributed by atoms with van der Waals surface area (Å²) < 4.78 is 29.7. The van der Waals surface area contributed by atoms with Gasteiger partial charge in [0.2, 0.25) is 0 Å². The number of carbonyl (C=O) groups excluding carboxylic acids is 2. The largest absolute Gasteiger partial charge is 0.493 e. The number of thiazole rings is 1. The van der Waals surface area contributed by atoms with E-state index >= 15 is 0 Å². The lowest BCUT2D eigenvalue weighted by molar-refractivity contribution is -0.139. The highest BCUT2D eigenvalue weighted by atomic mass is 79.9. The van der Waals surface area contributed by atoms with E-state index in [9.17, 15) is 14.4 Å². The van der Waals surface area contributed by atoms with Gasteiger partial charge in [-0.25, -0.2) is 14.6 Å². The van der Waals surface area contributed by atoms with Crippen molar-refractivity contribution in [2.75, 3.05) is 27.9 Å². The molecule has 0 amide bonds. The van der Waals surface area contributed by atoms with Crippen LogP contribution >= 0.6 is 27.3 Å². The lowest BCUT2D eigenvalue weighted by Gasteiger charge is -2.26. The Balaban J connectivity index is 1.67. The maximum atomic E-state index is 14.0. The van der Waals surface area contributed by atoms with Crippen LogP contribution < -0.4 is 24.4 Å². The molecule has 4 aromatic rings. The van der Waals surface area contributed by atoms with Crippen molar-refractivity contribution in [2.45, 2.75) is 19.9 Å². The van der Waals surface area contributed by atoms with Crippen LogP contribution in [-0.2, 0) is 14.3 Å². The summed E-state index contributed by atoms with van der Waals surface area (Å²) in [6.07, 6.45) is 1.61. The Morgan fingerprint density at radius 1 is 1.07 bits per heavy atom. The number of fused-ring (bicyclic) bond motifs is 1. The van der Waals surface area contributed by atoms with Gasteiger partial charge in [0.05, 0.1) is 55.3 Å². The molecule has 0 bridgehead atoms. The molecule has 43 heavy (non-hydrogen) atoms. The van der Waals surface area contributed by atoms with Crippen LogP contribution in [0.1, 0.15) is 41.6 Å². The fraction of sp³-hybridized carbons (Fsp3) is 0.226. The molecular weight excluding hydrogens is 640 g/mol. The average molecular weight is 668 g/mol. The third kappa shape index (κ3) is 5.55. The molecule has 0 spiro atoms. The van der Waals surface area contributed by atoms with E-state index in [1.165, 1.54) is 25.9 Å². The minimum atomic E-state index is -0.870. The van der Waals surface area contributed by atoms with Crippen LogP contribution in [0.3, 0.4) is 0 Å². The predicted molar refractivity (Wildman–Crippen MR) is 163 cm³/mol. The molecule has 0 unspecified atom stereocenters. The topological polar surface area (TPSA) is 119 Å². The Morgan fingerprint density at radius 3 is 2.49 bits per heavy atom. The lowest BCUT2D eigenvalue weighted by Crippen LogP contribution is -2.40. The first-order valence-corrected chi connectivity index (χ1v) is 14.7. The summed E-state index contributed by atoms with van der Waals surface area (Å²) >= 11 is 4.76. The zero-order valence-electron chi connectivity index (χ0n) is 23.9. The molecule has 12 heteroatoms. The molecule has 5 rings (SSSR count). The quantitative estimate of drug-likeness (QED) is 0.250. The highest BCUT2D eigenvalue weighted by Crippen LogP contribution is 2.40. The van der Waals surface area contributed by atoms with Gasteiger partial charge in [0.25, 0.3) is 5.56 Å². The minimum Gasteiger partial charge on any atom is -0.493 e. The van der Waals surface area contributed by atoms with Crippen molar-refractivity contribution >= 4 is 45.3 Å². The molecule has 3 heterocycles. The van der Waals surface area contributed by atoms with Crippen molar-refractivity contribution in [1.29, 1.82) is 0 Å². The number of hydrogen-bond acceptors (Lipinski definition) is 10. The van der Waals surface area contributed by atoms with E-state index in [4.69, 9.17) is 23.4 Å². The van der Waals surface area contributed by atoms with Gasteiger partial charge in [-0.3, -0.25) is 9.36 Å². The summed E-state index contributed by atoms with van der Waals surface area (Å²) in [5.41, 5.74) is 1.78. The first-order chi connectivity index (χ1) is 20.7. The van der Waals surface area contributed by atoms with Crippen LogP contribution in [0.15, 0.2) is 78.5 Å². The smallest absolute Gasteiger partial charge is 0.338 e. The van der Waals surface area contributed by atoms with Gasteiger partial charge in [-0.2, -0.15) is 0 Å². The number of rotatable bonds is 8. The number of hydrogen-bond donors (Lipinski definition) is 0. The Morgan fingerprint density at radius 2 is 1.79 bits per heavy atom. The summed E-state index contributed by atoms with van der Waals surface area (Å²) in [4.78, 5) is 44.6. The monoisotopic (exact) mass is 666 g/mol. The van der Waals surface area contributed by atoms with Gasteiger partial charge in [-0.15, -0.1) is 0 Å². The SMILES string of the molecule is CCOC(=O)C1=C(C)N=c2sc(=Cc3ccc(-c4ccccc4C(=O)OC)o3)c(=O)n2[C@@H]1c1cc(OC)c(OC)cc1Br. The van der Waals surface area contributed by atoms with E-state index in [0.717, 1.165) is 11.3 Å². The van der Waals surface area contributed by atoms with Gasteiger partial charge in [0.1, 0.15) is 11.5 Å². The number of benzene rings is 2. The summed E-state index contributed by atoms with van der Waals surface area (Å²) in [6, 6.07) is 12.9.